The summed E-state index contributed by atoms with van der Waals surface area (Å²) in [5, 5.41) is 3.60. The van der Waals surface area contributed by atoms with E-state index < -0.39 is 0 Å². The van der Waals surface area contributed by atoms with Crippen LogP contribution in [-0.2, 0) is 14.2 Å². The molecule has 0 saturated carbocycles. The van der Waals surface area contributed by atoms with Crippen LogP contribution in [0.2, 0.25) is 0 Å². The van der Waals surface area contributed by atoms with E-state index in [0.29, 0.717) is 6.04 Å². The van der Waals surface area contributed by atoms with E-state index in [9.17, 15) is 0 Å². The van der Waals surface area contributed by atoms with Gasteiger partial charge >= 0.3 is 0 Å². The van der Waals surface area contributed by atoms with Crippen molar-refractivity contribution in [1.82, 2.24) is 5.32 Å². The highest BCUT2D eigenvalue weighted by molar-refractivity contribution is 4.91. The first-order valence-corrected chi connectivity index (χ1v) is 7.48. The predicted molar refractivity (Wildman–Crippen MR) is 75.4 cm³/mol. The van der Waals surface area contributed by atoms with Gasteiger partial charge in [-0.25, -0.2) is 0 Å². The number of hydrogen-bond donors (Lipinski definition) is 1. The lowest BCUT2D eigenvalue weighted by atomic mass is 9.84. The van der Waals surface area contributed by atoms with E-state index in [-0.39, 0.29) is 5.60 Å². The summed E-state index contributed by atoms with van der Waals surface area (Å²) in [6.45, 7) is 8.72. The van der Waals surface area contributed by atoms with Crippen molar-refractivity contribution in [2.75, 3.05) is 39.6 Å². The van der Waals surface area contributed by atoms with Crippen molar-refractivity contribution in [3.05, 3.63) is 12.7 Å². The summed E-state index contributed by atoms with van der Waals surface area (Å²) in [6, 6.07) is 0.565. The highest BCUT2D eigenvalue weighted by atomic mass is 16.5. The van der Waals surface area contributed by atoms with Crippen LogP contribution in [0.1, 0.15) is 32.1 Å². The van der Waals surface area contributed by atoms with Crippen LogP contribution in [0.25, 0.3) is 0 Å². The van der Waals surface area contributed by atoms with Crippen LogP contribution < -0.4 is 5.32 Å². The van der Waals surface area contributed by atoms with Crippen LogP contribution in [0.15, 0.2) is 12.7 Å². The molecule has 19 heavy (non-hydrogen) atoms. The Morgan fingerprint density at radius 3 is 2.89 bits per heavy atom. The SMILES string of the molecule is C=CCCOCCNC1CCOC2(CCOCC2)C1. The molecule has 0 amide bonds. The molecule has 0 aromatic heterocycles. The fourth-order valence-electron chi connectivity index (χ4n) is 2.90. The first-order valence-electron chi connectivity index (χ1n) is 7.48. The zero-order chi connectivity index (χ0) is 13.4. The Kier molecular flexibility index (Phi) is 6.31. The molecule has 1 N–H and O–H groups in total. The van der Waals surface area contributed by atoms with Crippen molar-refractivity contribution in [1.29, 1.82) is 0 Å². The predicted octanol–water partition coefficient (Wildman–Crippen LogP) is 1.90. The van der Waals surface area contributed by atoms with Crippen molar-refractivity contribution in [3.63, 3.8) is 0 Å². The van der Waals surface area contributed by atoms with E-state index in [1.807, 2.05) is 6.08 Å². The van der Waals surface area contributed by atoms with E-state index in [4.69, 9.17) is 14.2 Å². The lowest BCUT2D eigenvalue weighted by molar-refractivity contribution is -0.140. The average molecular weight is 269 g/mol. The van der Waals surface area contributed by atoms with E-state index in [1.165, 1.54) is 0 Å². The standard InChI is InChI=1S/C15H27NO3/c1-2-3-8-17-12-7-16-14-4-9-19-15(13-14)5-10-18-11-6-15/h2,14,16H,1,3-13H2. The smallest absolute Gasteiger partial charge is 0.0741 e. The summed E-state index contributed by atoms with van der Waals surface area (Å²) in [5.41, 5.74) is 0.0812. The summed E-state index contributed by atoms with van der Waals surface area (Å²) in [7, 11) is 0. The Balaban J connectivity index is 1.62. The molecule has 0 bridgehead atoms. The Morgan fingerprint density at radius 2 is 2.11 bits per heavy atom. The fraction of sp³-hybridized carbons (Fsp3) is 0.867. The molecule has 0 aliphatic carbocycles. The second kappa shape index (κ2) is 8.00. The van der Waals surface area contributed by atoms with Crippen LogP contribution in [0.4, 0.5) is 0 Å². The number of rotatable bonds is 7. The summed E-state index contributed by atoms with van der Waals surface area (Å²) in [4.78, 5) is 0. The van der Waals surface area contributed by atoms with Crippen LogP contribution in [0.5, 0.6) is 0 Å². The van der Waals surface area contributed by atoms with Gasteiger partial charge in [-0.3, -0.25) is 0 Å². The minimum absolute atomic E-state index is 0.0812. The van der Waals surface area contributed by atoms with Gasteiger partial charge in [-0.05, 0) is 32.1 Å². The zero-order valence-electron chi connectivity index (χ0n) is 11.9. The molecule has 0 aromatic rings. The normalized spacial score (nSPS) is 26.4. The van der Waals surface area contributed by atoms with Crippen molar-refractivity contribution in [2.24, 2.45) is 0 Å². The third-order valence-corrected chi connectivity index (χ3v) is 4.04. The number of ether oxygens (including phenoxy) is 3. The third kappa shape index (κ3) is 4.88. The van der Waals surface area contributed by atoms with E-state index in [0.717, 1.165) is 71.7 Å². The van der Waals surface area contributed by atoms with Gasteiger partial charge in [-0.15, -0.1) is 6.58 Å². The number of hydrogen-bond acceptors (Lipinski definition) is 4. The van der Waals surface area contributed by atoms with Crippen LogP contribution >= 0.6 is 0 Å². The van der Waals surface area contributed by atoms with Gasteiger partial charge in [0.1, 0.15) is 0 Å². The van der Waals surface area contributed by atoms with Gasteiger partial charge in [0.15, 0.2) is 0 Å². The maximum Gasteiger partial charge on any atom is 0.0741 e. The molecule has 1 atom stereocenters. The van der Waals surface area contributed by atoms with Crippen LogP contribution in [-0.4, -0.2) is 51.2 Å². The first kappa shape index (κ1) is 15.0. The maximum absolute atomic E-state index is 6.03. The highest BCUT2D eigenvalue weighted by Gasteiger charge is 2.38. The van der Waals surface area contributed by atoms with Gasteiger partial charge < -0.3 is 19.5 Å². The molecule has 1 unspecified atom stereocenters. The average Bonchev–Trinajstić information content (AvgIpc) is 2.44. The molecule has 1 spiro atoms. The Hall–Kier alpha value is -0.420. The van der Waals surface area contributed by atoms with Crippen LogP contribution in [0.3, 0.4) is 0 Å². The second-order valence-corrected chi connectivity index (χ2v) is 5.48. The Labute approximate surface area is 116 Å². The second-order valence-electron chi connectivity index (χ2n) is 5.48. The van der Waals surface area contributed by atoms with E-state index in [1.54, 1.807) is 0 Å². The minimum Gasteiger partial charge on any atom is -0.381 e. The largest absolute Gasteiger partial charge is 0.381 e. The Bertz CT molecular complexity index is 259. The summed E-state index contributed by atoms with van der Waals surface area (Å²) in [6.07, 6.45) is 7.13. The lowest BCUT2D eigenvalue weighted by Gasteiger charge is -2.43. The molecule has 2 aliphatic rings. The van der Waals surface area contributed by atoms with Gasteiger partial charge in [0.2, 0.25) is 0 Å². The van der Waals surface area contributed by atoms with Gasteiger partial charge in [-0.1, -0.05) is 6.08 Å². The molecule has 2 heterocycles. The summed E-state index contributed by atoms with van der Waals surface area (Å²) in [5.74, 6) is 0. The van der Waals surface area contributed by atoms with Crippen molar-refractivity contribution in [2.45, 2.75) is 43.7 Å². The lowest BCUT2D eigenvalue weighted by Crippen LogP contribution is -2.50. The highest BCUT2D eigenvalue weighted by Crippen LogP contribution is 2.34. The number of nitrogens with one attached hydrogen (secondary N) is 1. The molecular weight excluding hydrogens is 242 g/mol. The van der Waals surface area contributed by atoms with Crippen molar-refractivity contribution >= 4 is 0 Å². The summed E-state index contributed by atoms with van der Waals surface area (Å²) < 4.78 is 17.0. The fourth-order valence-corrected chi connectivity index (χ4v) is 2.90. The van der Waals surface area contributed by atoms with Crippen molar-refractivity contribution < 1.29 is 14.2 Å². The topological polar surface area (TPSA) is 39.7 Å². The van der Waals surface area contributed by atoms with Gasteiger partial charge in [-0.2, -0.15) is 0 Å². The minimum atomic E-state index is 0.0812. The molecule has 0 radical (unpaired) electrons. The molecule has 2 aliphatic heterocycles. The molecule has 2 fully saturated rings. The maximum atomic E-state index is 6.03. The molecule has 2 saturated heterocycles. The van der Waals surface area contributed by atoms with E-state index >= 15 is 0 Å². The first-order chi connectivity index (χ1) is 9.35. The van der Waals surface area contributed by atoms with E-state index in [2.05, 4.69) is 11.9 Å². The monoisotopic (exact) mass is 269 g/mol. The van der Waals surface area contributed by atoms with Crippen molar-refractivity contribution in [3.8, 4) is 0 Å². The molecular formula is C15H27NO3. The molecule has 4 heteroatoms. The Morgan fingerprint density at radius 1 is 1.26 bits per heavy atom. The molecule has 4 nitrogen and oxygen atoms in total. The third-order valence-electron chi connectivity index (χ3n) is 4.04. The molecule has 110 valence electrons. The molecule has 0 aromatic carbocycles. The zero-order valence-corrected chi connectivity index (χ0v) is 11.9. The van der Waals surface area contributed by atoms with Gasteiger partial charge in [0.25, 0.3) is 0 Å². The quantitative estimate of drug-likeness (QED) is 0.566. The summed E-state index contributed by atoms with van der Waals surface area (Å²) >= 11 is 0. The molecule has 2 rings (SSSR count). The van der Waals surface area contributed by atoms with Gasteiger partial charge in [0.05, 0.1) is 18.8 Å². The van der Waals surface area contributed by atoms with Crippen LogP contribution in [0, 0.1) is 0 Å². The van der Waals surface area contributed by atoms with Gasteiger partial charge in [0, 0.05) is 32.4 Å².